The van der Waals surface area contributed by atoms with Crippen LogP contribution in [0.5, 0.6) is 0 Å². The van der Waals surface area contributed by atoms with Crippen molar-refractivity contribution in [1.29, 1.82) is 0 Å². The molecule has 3 fully saturated rings. The highest BCUT2D eigenvalue weighted by atomic mass is 16.6. The van der Waals surface area contributed by atoms with Gasteiger partial charge in [0.25, 0.3) is 0 Å². The van der Waals surface area contributed by atoms with Crippen molar-refractivity contribution in [1.82, 2.24) is 16.0 Å². The highest BCUT2D eigenvalue weighted by Crippen LogP contribution is 2.35. The third-order valence-corrected chi connectivity index (χ3v) is 8.58. The summed E-state index contributed by atoms with van der Waals surface area (Å²) in [6.45, 7) is 5.68. The first-order valence-corrected chi connectivity index (χ1v) is 14.6. The predicted octanol–water partition coefficient (Wildman–Crippen LogP) is 5.21. The van der Waals surface area contributed by atoms with Gasteiger partial charge in [-0.2, -0.15) is 0 Å². The first-order valence-electron chi connectivity index (χ1n) is 14.6. The van der Waals surface area contributed by atoms with E-state index in [1.54, 1.807) is 7.05 Å². The fraction of sp³-hybridized carbons (Fsp3) is 0.733. The van der Waals surface area contributed by atoms with Crippen molar-refractivity contribution in [2.75, 3.05) is 20.1 Å². The number of nitrogens with one attached hydrogen (secondary N) is 3. The van der Waals surface area contributed by atoms with E-state index in [9.17, 15) is 9.59 Å². The normalized spacial score (nSPS) is 26.8. The molecule has 1 amide bonds. The molecule has 1 saturated carbocycles. The average molecular weight is 514 g/mol. The van der Waals surface area contributed by atoms with Gasteiger partial charge < -0.3 is 25.4 Å². The number of esters is 1. The van der Waals surface area contributed by atoms with Crippen molar-refractivity contribution in [3.05, 3.63) is 35.4 Å². The maximum Gasteiger partial charge on any atom is 0.407 e. The van der Waals surface area contributed by atoms with Gasteiger partial charge in [0.15, 0.2) is 0 Å². The third-order valence-electron chi connectivity index (χ3n) is 8.58. The molecular weight excluding hydrogens is 466 g/mol. The van der Waals surface area contributed by atoms with E-state index in [1.807, 2.05) is 13.8 Å². The van der Waals surface area contributed by atoms with Gasteiger partial charge in [0.2, 0.25) is 0 Å². The number of rotatable bonds is 8. The van der Waals surface area contributed by atoms with Crippen molar-refractivity contribution < 1.29 is 19.1 Å². The molecule has 1 aromatic rings. The van der Waals surface area contributed by atoms with Gasteiger partial charge in [-0.3, -0.25) is 4.79 Å². The number of carbonyl (C=O) groups excluding carboxylic acids is 2. The second-order valence-electron chi connectivity index (χ2n) is 11.5. The van der Waals surface area contributed by atoms with E-state index in [2.05, 4.69) is 40.2 Å². The molecule has 5 atom stereocenters. The van der Waals surface area contributed by atoms with Crippen LogP contribution in [0.1, 0.15) is 101 Å². The summed E-state index contributed by atoms with van der Waals surface area (Å²) >= 11 is 0. The number of ether oxygens (including phenoxy) is 2. The topological polar surface area (TPSA) is 88.7 Å². The van der Waals surface area contributed by atoms with Crippen LogP contribution in [0.4, 0.5) is 4.79 Å². The molecule has 0 aromatic heterocycles. The smallest absolute Gasteiger partial charge is 0.407 e. The van der Waals surface area contributed by atoms with Crippen LogP contribution in [-0.2, 0) is 14.3 Å². The minimum absolute atomic E-state index is 0.0239. The zero-order valence-corrected chi connectivity index (χ0v) is 23.0. The molecule has 2 aliphatic heterocycles. The molecule has 2 saturated heterocycles. The van der Waals surface area contributed by atoms with E-state index < -0.39 is 6.09 Å². The van der Waals surface area contributed by atoms with Crippen molar-refractivity contribution in [2.45, 2.75) is 108 Å². The summed E-state index contributed by atoms with van der Waals surface area (Å²) in [5.74, 6) is 0.719. The molecule has 1 aromatic carbocycles. The van der Waals surface area contributed by atoms with Gasteiger partial charge in [-0.1, -0.05) is 63.8 Å². The standard InChI is InChI=1S/C30H47N3O4/c1-20(2)29(34)36-27(22-9-5-4-6-10-22)26-17-16-24(19-33-26)21-12-14-23(15-13-21)28(37-30(35)31-3)25-11-7-8-18-32-25/h12-15,20,22,24-28,32-33H,4-11,16-19H2,1-3H3,(H,31,35). The van der Waals surface area contributed by atoms with Gasteiger partial charge in [0.05, 0.1) is 5.92 Å². The zero-order chi connectivity index (χ0) is 26.2. The maximum atomic E-state index is 12.5. The highest BCUT2D eigenvalue weighted by Gasteiger charge is 2.37. The monoisotopic (exact) mass is 513 g/mol. The molecule has 206 valence electrons. The second kappa shape index (κ2) is 13.6. The summed E-state index contributed by atoms with van der Waals surface area (Å²) in [5, 5.41) is 9.90. The Kier molecular flexibility index (Phi) is 10.3. The summed E-state index contributed by atoms with van der Waals surface area (Å²) in [4.78, 5) is 24.6. The lowest BCUT2D eigenvalue weighted by Gasteiger charge is -2.40. The molecule has 7 heteroatoms. The fourth-order valence-electron chi connectivity index (χ4n) is 6.33. The van der Waals surface area contributed by atoms with Crippen LogP contribution in [0.2, 0.25) is 0 Å². The summed E-state index contributed by atoms with van der Waals surface area (Å²) in [6.07, 6.45) is 10.8. The number of carbonyl (C=O) groups is 2. The van der Waals surface area contributed by atoms with E-state index in [-0.39, 0.29) is 36.2 Å². The van der Waals surface area contributed by atoms with E-state index in [0.29, 0.717) is 11.8 Å². The number of hydrogen-bond acceptors (Lipinski definition) is 6. The summed E-state index contributed by atoms with van der Waals surface area (Å²) in [6, 6.07) is 9.01. The molecule has 3 aliphatic rings. The van der Waals surface area contributed by atoms with Crippen molar-refractivity contribution in [3.8, 4) is 0 Å². The summed E-state index contributed by atoms with van der Waals surface area (Å²) in [5.41, 5.74) is 2.34. The Labute approximate surface area is 222 Å². The van der Waals surface area contributed by atoms with Gasteiger partial charge in [-0.05, 0) is 68.0 Å². The minimum atomic E-state index is -0.394. The van der Waals surface area contributed by atoms with Gasteiger partial charge in [-0.15, -0.1) is 0 Å². The SMILES string of the molecule is CNC(=O)OC(c1ccc(C2CCC(C(OC(=O)C(C)C)C3CCCCC3)NC2)cc1)C1CCCCN1. The van der Waals surface area contributed by atoms with Gasteiger partial charge in [-0.25, -0.2) is 4.79 Å². The molecular formula is C30H47N3O4. The average Bonchev–Trinajstić information content (AvgIpc) is 2.95. The van der Waals surface area contributed by atoms with Crippen molar-refractivity contribution >= 4 is 12.1 Å². The quantitative estimate of drug-likeness (QED) is 0.414. The van der Waals surface area contributed by atoms with E-state index >= 15 is 0 Å². The summed E-state index contributed by atoms with van der Waals surface area (Å²) < 4.78 is 11.9. The van der Waals surface area contributed by atoms with Crippen LogP contribution in [0.3, 0.4) is 0 Å². The molecule has 0 radical (unpaired) electrons. The van der Waals surface area contributed by atoms with Crippen LogP contribution in [0.15, 0.2) is 24.3 Å². The van der Waals surface area contributed by atoms with Crippen molar-refractivity contribution in [3.63, 3.8) is 0 Å². The second-order valence-corrected chi connectivity index (χ2v) is 11.5. The van der Waals surface area contributed by atoms with E-state index in [0.717, 1.165) is 63.6 Å². The van der Waals surface area contributed by atoms with Crippen LogP contribution in [-0.4, -0.2) is 50.4 Å². The van der Waals surface area contributed by atoms with E-state index in [4.69, 9.17) is 9.47 Å². The Morgan fingerprint density at radius 2 is 1.59 bits per heavy atom. The van der Waals surface area contributed by atoms with Gasteiger partial charge >= 0.3 is 12.1 Å². The van der Waals surface area contributed by atoms with Crippen molar-refractivity contribution in [2.24, 2.45) is 11.8 Å². The summed E-state index contributed by atoms with van der Waals surface area (Å²) in [7, 11) is 1.60. The minimum Gasteiger partial charge on any atom is -0.460 e. The highest BCUT2D eigenvalue weighted by molar-refractivity contribution is 5.71. The third kappa shape index (κ3) is 7.47. The fourth-order valence-corrected chi connectivity index (χ4v) is 6.33. The Hall–Kier alpha value is -2.12. The molecule has 0 bridgehead atoms. The Morgan fingerprint density at radius 1 is 0.865 bits per heavy atom. The van der Waals surface area contributed by atoms with Crippen LogP contribution in [0.25, 0.3) is 0 Å². The molecule has 1 aliphatic carbocycles. The largest absolute Gasteiger partial charge is 0.460 e. The van der Waals surface area contributed by atoms with Gasteiger partial charge in [0, 0.05) is 25.7 Å². The molecule has 5 unspecified atom stereocenters. The molecule has 37 heavy (non-hydrogen) atoms. The number of amides is 1. The molecule has 0 spiro atoms. The maximum absolute atomic E-state index is 12.5. The Balaban J connectivity index is 1.39. The molecule has 3 N–H and O–H groups in total. The first kappa shape index (κ1) is 27.9. The van der Waals surface area contributed by atoms with Crippen LogP contribution < -0.4 is 16.0 Å². The number of benzene rings is 1. The van der Waals surface area contributed by atoms with Gasteiger partial charge in [0.1, 0.15) is 12.2 Å². The first-order chi connectivity index (χ1) is 18.0. The Bertz CT molecular complexity index is 854. The number of hydrogen-bond donors (Lipinski definition) is 3. The lowest BCUT2D eigenvalue weighted by atomic mass is 9.78. The van der Waals surface area contributed by atoms with Crippen LogP contribution >= 0.6 is 0 Å². The molecule has 7 nitrogen and oxygen atoms in total. The van der Waals surface area contributed by atoms with E-state index in [1.165, 1.54) is 24.8 Å². The molecule has 4 rings (SSSR count). The van der Waals surface area contributed by atoms with Crippen LogP contribution in [0, 0.1) is 11.8 Å². The zero-order valence-electron chi connectivity index (χ0n) is 23.0. The molecule has 2 heterocycles. The number of alkyl carbamates (subject to hydrolysis) is 1. The lowest BCUT2D eigenvalue weighted by Crippen LogP contribution is -2.50. The number of piperidine rings is 2. The predicted molar refractivity (Wildman–Crippen MR) is 145 cm³/mol. The Morgan fingerprint density at radius 3 is 2.19 bits per heavy atom. The lowest BCUT2D eigenvalue weighted by molar-refractivity contribution is -0.159.